The summed E-state index contributed by atoms with van der Waals surface area (Å²) >= 11 is 6.07. The van der Waals surface area contributed by atoms with E-state index in [-0.39, 0.29) is 24.0 Å². The molecule has 0 heterocycles. The summed E-state index contributed by atoms with van der Waals surface area (Å²) in [5.41, 5.74) is 0.546. The van der Waals surface area contributed by atoms with Crippen LogP contribution in [-0.4, -0.2) is 37.2 Å². The summed E-state index contributed by atoms with van der Waals surface area (Å²) in [7, 11) is 0. The van der Waals surface area contributed by atoms with Crippen LogP contribution >= 0.6 is 11.6 Å². The Morgan fingerprint density at radius 1 is 1.35 bits per heavy atom. The third-order valence-corrected chi connectivity index (χ3v) is 2.46. The third-order valence-electron chi connectivity index (χ3n) is 2.18. The number of nitrogens with zero attached hydrogens (tertiary/aromatic N) is 1. The van der Waals surface area contributed by atoms with Crippen molar-refractivity contribution in [1.82, 2.24) is 0 Å². The number of esters is 1. The number of ether oxygens (including phenoxy) is 3. The van der Waals surface area contributed by atoms with Crippen molar-refractivity contribution in [3.8, 4) is 11.5 Å². The minimum Gasteiger partial charge on any atom is -0.490 e. The van der Waals surface area contributed by atoms with E-state index in [4.69, 9.17) is 31.0 Å². The molecule has 0 amide bonds. The van der Waals surface area contributed by atoms with E-state index in [1.807, 2.05) is 0 Å². The van der Waals surface area contributed by atoms with Crippen LogP contribution in [0.4, 0.5) is 0 Å². The normalized spacial score (nSPS) is 10.6. The fourth-order valence-electron chi connectivity index (χ4n) is 1.47. The zero-order chi connectivity index (χ0) is 15.0. The molecule has 0 saturated carbocycles. The van der Waals surface area contributed by atoms with Gasteiger partial charge in [-0.1, -0.05) is 16.8 Å². The maximum absolute atomic E-state index is 11.3. The fourth-order valence-corrected chi connectivity index (χ4v) is 1.74. The molecule has 0 unspecified atom stereocenters. The number of halogens is 1. The number of hydrogen-bond acceptors (Lipinski definition) is 6. The van der Waals surface area contributed by atoms with Crippen molar-refractivity contribution in [1.29, 1.82) is 0 Å². The lowest BCUT2D eigenvalue weighted by atomic mass is 10.2. The smallest absolute Gasteiger partial charge is 0.344 e. The Hall–Kier alpha value is -1.95. The van der Waals surface area contributed by atoms with Crippen LogP contribution in [0.5, 0.6) is 11.5 Å². The Balaban J connectivity index is 2.95. The summed E-state index contributed by atoms with van der Waals surface area (Å²) in [5.74, 6) is 0.114. The van der Waals surface area contributed by atoms with Crippen molar-refractivity contribution in [2.75, 3.05) is 19.8 Å². The first-order valence-corrected chi connectivity index (χ1v) is 6.42. The van der Waals surface area contributed by atoms with Crippen molar-refractivity contribution in [2.45, 2.75) is 13.8 Å². The first-order valence-electron chi connectivity index (χ1n) is 6.04. The molecule has 0 bridgehead atoms. The Morgan fingerprint density at radius 3 is 2.70 bits per heavy atom. The highest BCUT2D eigenvalue weighted by Gasteiger charge is 2.14. The van der Waals surface area contributed by atoms with Crippen LogP contribution in [0.1, 0.15) is 19.4 Å². The van der Waals surface area contributed by atoms with E-state index in [1.54, 1.807) is 19.9 Å². The van der Waals surface area contributed by atoms with Gasteiger partial charge in [0.15, 0.2) is 18.1 Å². The summed E-state index contributed by atoms with van der Waals surface area (Å²) in [6.07, 6.45) is 1.21. The average Bonchev–Trinajstić information content (AvgIpc) is 2.39. The van der Waals surface area contributed by atoms with Gasteiger partial charge in [-0.2, -0.15) is 0 Å². The molecule has 7 heteroatoms. The van der Waals surface area contributed by atoms with Crippen LogP contribution in [0.2, 0.25) is 5.02 Å². The number of carbonyl (C=O) groups is 1. The maximum atomic E-state index is 11.3. The van der Waals surface area contributed by atoms with Gasteiger partial charge in [-0.3, -0.25) is 0 Å². The number of benzene rings is 1. The van der Waals surface area contributed by atoms with Gasteiger partial charge in [0.1, 0.15) is 0 Å². The van der Waals surface area contributed by atoms with Gasteiger partial charge in [-0.05, 0) is 26.0 Å². The van der Waals surface area contributed by atoms with Gasteiger partial charge in [-0.25, -0.2) is 4.79 Å². The topological polar surface area (TPSA) is 77.4 Å². The Morgan fingerprint density at radius 2 is 2.10 bits per heavy atom. The van der Waals surface area contributed by atoms with Gasteiger partial charge in [0.2, 0.25) is 0 Å². The molecule has 0 aromatic heterocycles. The molecule has 20 heavy (non-hydrogen) atoms. The zero-order valence-corrected chi connectivity index (χ0v) is 12.0. The predicted octanol–water partition coefficient (Wildman–Crippen LogP) is 2.49. The lowest BCUT2D eigenvalue weighted by Gasteiger charge is -2.13. The fraction of sp³-hybridized carbons (Fsp3) is 0.385. The summed E-state index contributed by atoms with van der Waals surface area (Å²) in [4.78, 5) is 11.3. The SMILES string of the molecule is CCOC(=O)COc1c(Cl)cc(/C=N/O)cc1OCC. The second-order valence-corrected chi connectivity index (χ2v) is 4.01. The molecule has 110 valence electrons. The highest BCUT2D eigenvalue weighted by molar-refractivity contribution is 6.32. The van der Waals surface area contributed by atoms with Crippen LogP contribution in [0, 0.1) is 0 Å². The molecule has 1 aromatic carbocycles. The van der Waals surface area contributed by atoms with E-state index < -0.39 is 5.97 Å². The van der Waals surface area contributed by atoms with Crippen LogP contribution < -0.4 is 9.47 Å². The van der Waals surface area contributed by atoms with Crippen molar-refractivity contribution >= 4 is 23.8 Å². The summed E-state index contributed by atoms with van der Waals surface area (Å²) in [6, 6.07) is 3.12. The van der Waals surface area contributed by atoms with Gasteiger partial charge in [0.25, 0.3) is 0 Å². The maximum Gasteiger partial charge on any atom is 0.344 e. The number of carbonyl (C=O) groups excluding carboxylic acids is 1. The standard InChI is InChI=1S/C13H16ClNO5/c1-3-18-11-6-9(7-15-17)5-10(14)13(11)20-8-12(16)19-4-2/h5-7,17H,3-4,8H2,1-2H3/b15-7+. The Labute approximate surface area is 121 Å². The first kappa shape index (κ1) is 16.1. The highest BCUT2D eigenvalue weighted by Crippen LogP contribution is 2.36. The van der Waals surface area contributed by atoms with Gasteiger partial charge >= 0.3 is 5.97 Å². The molecule has 0 aliphatic rings. The molecule has 0 atom stereocenters. The Kier molecular flexibility index (Phi) is 6.66. The summed E-state index contributed by atoms with van der Waals surface area (Å²) in [5, 5.41) is 11.7. The van der Waals surface area contributed by atoms with Crippen molar-refractivity contribution in [2.24, 2.45) is 5.16 Å². The van der Waals surface area contributed by atoms with Gasteiger partial charge in [-0.15, -0.1) is 0 Å². The summed E-state index contributed by atoms with van der Waals surface area (Å²) < 4.78 is 15.5. The molecule has 1 rings (SSSR count). The quantitative estimate of drug-likeness (QED) is 0.362. The number of rotatable bonds is 7. The molecule has 0 saturated heterocycles. The molecule has 0 fully saturated rings. The second kappa shape index (κ2) is 8.27. The largest absolute Gasteiger partial charge is 0.490 e. The van der Waals surface area contributed by atoms with Crippen LogP contribution in [0.15, 0.2) is 17.3 Å². The van der Waals surface area contributed by atoms with Crippen molar-refractivity contribution < 1.29 is 24.2 Å². The van der Waals surface area contributed by atoms with E-state index in [9.17, 15) is 4.79 Å². The van der Waals surface area contributed by atoms with Crippen LogP contribution in [-0.2, 0) is 9.53 Å². The summed E-state index contributed by atoms with van der Waals surface area (Å²) in [6.45, 7) is 3.92. The third kappa shape index (κ3) is 4.62. The van der Waals surface area contributed by atoms with E-state index in [2.05, 4.69) is 5.16 Å². The van der Waals surface area contributed by atoms with Crippen LogP contribution in [0.3, 0.4) is 0 Å². The number of hydrogen-bond donors (Lipinski definition) is 1. The monoisotopic (exact) mass is 301 g/mol. The molecular weight excluding hydrogens is 286 g/mol. The zero-order valence-electron chi connectivity index (χ0n) is 11.3. The van der Waals surface area contributed by atoms with E-state index >= 15 is 0 Å². The first-order chi connectivity index (χ1) is 9.62. The van der Waals surface area contributed by atoms with Gasteiger partial charge < -0.3 is 19.4 Å². The molecule has 0 aliphatic heterocycles. The van der Waals surface area contributed by atoms with Gasteiger partial charge in [0, 0.05) is 5.56 Å². The van der Waals surface area contributed by atoms with E-state index in [0.29, 0.717) is 17.9 Å². The lowest BCUT2D eigenvalue weighted by molar-refractivity contribution is -0.145. The lowest BCUT2D eigenvalue weighted by Crippen LogP contribution is -2.15. The van der Waals surface area contributed by atoms with Crippen LogP contribution in [0.25, 0.3) is 0 Å². The second-order valence-electron chi connectivity index (χ2n) is 3.60. The van der Waals surface area contributed by atoms with E-state index in [1.165, 1.54) is 12.3 Å². The predicted molar refractivity (Wildman–Crippen MR) is 74.1 cm³/mol. The molecule has 0 radical (unpaired) electrons. The molecule has 0 spiro atoms. The minimum atomic E-state index is -0.494. The molecule has 1 aromatic rings. The van der Waals surface area contributed by atoms with Gasteiger partial charge in [0.05, 0.1) is 24.5 Å². The molecule has 1 N–H and O–H groups in total. The molecule has 6 nitrogen and oxygen atoms in total. The average molecular weight is 302 g/mol. The molecule has 0 aliphatic carbocycles. The molecular formula is C13H16ClNO5. The number of oxime groups is 1. The van der Waals surface area contributed by atoms with Crippen molar-refractivity contribution in [3.63, 3.8) is 0 Å². The minimum absolute atomic E-state index is 0.246. The van der Waals surface area contributed by atoms with E-state index in [0.717, 1.165) is 0 Å². The Bertz CT molecular complexity index is 490. The van der Waals surface area contributed by atoms with Crippen molar-refractivity contribution in [3.05, 3.63) is 22.7 Å². The highest BCUT2D eigenvalue weighted by atomic mass is 35.5.